The van der Waals surface area contributed by atoms with Gasteiger partial charge in [0.15, 0.2) is 15.9 Å². The van der Waals surface area contributed by atoms with Gasteiger partial charge in [0.2, 0.25) is 5.91 Å². The lowest BCUT2D eigenvalue weighted by Crippen LogP contribution is -2.36. The van der Waals surface area contributed by atoms with Crippen molar-refractivity contribution in [3.63, 3.8) is 0 Å². The first-order valence-corrected chi connectivity index (χ1v) is 10.0. The Morgan fingerprint density at radius 1 is 1.25 bits per heavy atom. The monoisotopic (exact) mass is 348 g/mol. The van der Waals surface area contributed by atoms with Crippen LogP contribution in [0.15, 0.2) is 29.4 Å². The summed E-state index contributed by atoms with van der Waals surface area (Å²) in [5, 5.41) is 4.22. The molecule has 0 radical (unpaired) electrons. The molecular formula is C17H20N2O4S. The highest BCUT2D eigenvalue weighted by Crippen LogP contribution is 2.32. The Morgan fingerprint density at radius 3 is 2.67 bits per heavy atom. The summed E-state index contributed by atoms with van der Waals surface area (Å²) in [4.78, 5) is 19.9. The Kier molecular flexibility index (Phi) is 3.63. The molecule has 3 atom stereocenters. The van der Waals surface area contributed by atoms with Crippen LogP contribution < -0.4 is 0 Å². The molecule has 2 fully saturated rings. The van der Waals surface area contributed by atoms with Gasteiger partial charge in [-0.15, -0.1) is 0 Å². The van der Waals surface area contributed by atoms with Gasteiger partial charge in [-0.3, -0.25) is 4.79 Å². The van der Waals surface area contributed by atoms with Crippen molar-refractivity contribution in [3.05, 3.63) is 35.4 Å². The van der Waals surface area contributed by atoms with Gasteiger partial charge in [0.1, 0.15) is 0 Å². The van der Waals surface area contributed by atoms with E-state index >= 15 is 0 Å². The first-order chi connectivity index (χ1) is 11.4. The van der Waals surface area contributed by atoms with Crippen molar-refractivity contribution in [2.45, 2.75) is 19.4 Å². The number of amides is 1. The second-order valence-electron chi connectivity index (χ2n) is 6.94. The van der Waals surface area contributed by atoms with E-state index in [4.69, 9.17) is 4.84 Å². The van der Waals surface area contributed by atoms with E-state index in [1.807, 2.05) is 31.2 Å². The summed E-state index contributed by atoms with van der Waals surface area (Å²) in [6.45, 7) is 3.07. The van der Waals surface area contributed by atoms with Crippen LogP contribution in [0.25, 0.3) is 0 Å². The average molecular weight is 348 g/mol. The van der Waals surface area contributed by atoms with E-state index in [1.54, 1.807) is 4.90 Å². The molecule has 0 spiro atoms. The number of fused-ring (bicyclic) bond motifs is 1. The third-order valence-electron chi connectivity index (χ3n) is 5.14. The molecule has 24 heavy (non-hydrogen) atoms. The van der Waals surface area contributed by atoms with E-state index in [1.165, 1.54) is 5.56 Å². The van der Waals surface area contributed by atoms with Crippen LogP contribution in [0.1, 0.15) is 17.5 Å². The number of nitrogens with zero attached hydrogens (tertiary/aromatic N) is 2. The predicted octanol–water partition coefficient (Wildman–Crippen LogP) is 0.991. The molecule has 128 valence electrons. The summed E-state index contributed by atoms with van der Waals surface area (Å²) in [6.07, 6.45) is 0.315. The molecule has 2 saturated heterocycles. The van der Waals surface area contributed by atoms with Gasteiger partial charge < -0.3 is 9.74 Å². The van der Waals surface area contributed by atoms with Crippen LogP contribution in [-0.4, -0.2) is 55.6 Å². The van der Waals surface area contributed by atoms with E-state index in [9.17, 15) is 13.2 Å². The van der Waals surface area contributed by atoms with E-state index < -0.39 is 15.8 Å². The standard InChI is InChI=1S/C17H20N2O4S/c1-11-2-4-12(5-3-11)16-14-8-19(9-15(14)23-18-16)17(20)13-6-7-24(21,22)10-13/h2-5,13-15H,6-10H2,1H3. The number of likely N-dealkylation sites (tertiary alicyclic amines) is 1. The molecule has 3 heterocycles. The van der Waals surface area contributed by atoms with Crippen LogP contribution in [0, 0.1) is 18.8 Å². The fourth-order valence-electron chi connectivity index (χ4n) is 3.75. The van der Waals surface area contributed by atoms with Crippen LogP contribution in [0.5, 0.6) is 0 Å². The second-order valence-corrected chi connectivity index (χ2v) is 9.16. The van der Waals surface area contributed by atoms with Crippen LogP contribution in [-0.2, 0) is 19.5 Å². The van der Waals surface area contributed by atoms with Gasteiger partial charge in [0.05, 0.1) is 35.6 Å². The molecule has 3 aliphatic rings. The maximum Gasteiger partial charge on any atom is 0.226 e. The minimum Gasteiger partial charge on any atom is -0.390 e. The van der Waals surface area contributed by atoms with E-state index in [0.29, 0.717) is 19.5 Å². The number of carbonyl (C=O) groups excluding carboxylic acids is 1. The molecule has 1 amide bonds. The van der Waals surface area contributed by atoms with Crippen molar-refractivity contribution in [2.24, 2.45) is 17.0 Å². The summed E-state index contributed by atoms with van der Waals surface area (Å²) in [7, 11) is -3.05. The number of hydrogen-bond donors (Lipinski definition) is 0. The zero-order chi connectivity index (χ0) is 16.9. The highest BCUT2D eigenvalue weighted by atomic mass is 32.2. The Hall–Kier alpha value is -1.89. The first kappa shape index (κ1) is 15.6. The summed E-state index contributed by atoms with van der Waals surface area (Å²) in [6, 6.07) is 8.11. The molecule has 0 saturated carbocycles. The van der Waals surface area contributed by atoms with E-state index in [-0.39, 0.29) is 29.4 Å². The molecule has 7 heteroatoms. The van der Waals surface area contributed by atoms with Crippen LogP contribution in [0.2, 0.25) is 0 Å². The lowest BCUT2D eigenvalue weighted by Gasteiger charge is -2.20. The first-order valence-electron chi connectivity index (χ1n) is 8.23. The molecule has 3 unspecified atom stereocenters. The topological polar surface area (TPSA) is 76.0 Å². The van der Waals surface area contributed by atoms with Crippen LogP contribution >= 0.6 is 0 Å². The summed E-state index contributed by atoms with van der Waals surface area (Å²) in [5.74, 6) is -0.283. The molecule has 0 aliphatic carbocycles. The van der Waals surface area contributed by atoms with Gasteiger partial charge in [-0.1, -0.05) is 35.0 Å². The van der Waals surface area contributed by atoms with Crippen LogP contribution in [0.3, 0.4) is 0 Å². The quantitative estimate of drug-likeness (QED) is 0.799. The highest BCUT2D eigenvalue weighted by molar-refractivity contribution is 7.91. The van der Waals surface area contributed by atoms with Gasteiger partial charge in [0.25, 0.3) is 0 Å². The molecule has 6 nitrogen and oxygen atoms in total. The Bertz CT molecular complexity index is 800. The largest absolute Gasteiger partial charge is 0.390 e. The Balaban J connectivity index is 1.47. The Labute approximate surface area is 141 Å². The molecule has 1 aromatic carbocycles. The Morgan fingerprint density at radius 2 is 2.00 bits per heavy atom. The molecule has 4 rings (SSSR count). The molecule has 1 aromatic rings. The third-order valence-corrected chi connectivity index (χ3v) is 6.91. The normalized spacial score (nSPS) is 30.8. The lowest BCUT2D eigenvalue weighted by molar-refractivity contribution is -0.134. The number of sulfone groups is 1. The van der Waals surface area contributed by atoms with Crippen molar-refractivity contribution >= 4 is 21.5 Å². The average Bonchev–Trinajstić information content (AvgIpc) is 3.21. The maximum absolute atomic E-state index is 12.6. The molecular weight excluding hydrogens is 328 g/mol. The van der Waals surface area contributed by atoms with Crippen molar-refractivity contribution in [2.75, 3.05) is 24.6 Å². The molecule has 0 N–H and O–H groups in total. The van der Waals surface area contributed by atoms with Gasteiger partial charge in [-0.2, -0.15) is 0 Å². The third kappa shape index (κ3) is 2.70. The number of oxime groups is 1. The number of carbonyl (C=O) groups is 1. The van der Waals surface area contributed by atoms with Crippen molar-refractivity contribution < 1.29 is 18.0 Å². The van der Waals surface area contributed by atoms with Crippen LogP contribution in [0.4, 0.5) is 0 Å². The number of benzene rings is 1. The fourth-order valence-corrected chi connectivity index (χ4v) is 5.49. The fraction of sp³-hybridized carbons (Fsp3) is 0.529. The summed E-state index contributed by atoms with van der Waals surface area (Å²) < 4.78 is 23.2. The zero-order valence-corrected chi connectivity index (χ0v) is 14.3. The predicted molar refractivity (Wildman–Crippen MR) is 89.4 cm³/mol. The van der Waals surface area contributed by atoms with Gasteiger partial charge in [-0.05, 0) is 18.9 Å². The minimum absolute atomic E-state index is 0.0164. The number of hydrogen-bond acceptors (Lipinski definition) is 5. The maximum atomic E-state index is 12.6. The number of aryl methyl sites for hydroxylation is 1. The zero-order valence-electron chi connectivity index (χ0n) is 13.5. The van der Waals surface area contributed by atoms with Gasteiger partial charge in [0, 0.05) is 6.54 Å². The lowest BCUT2D eigenvalue weighted by atomic mass is 9.94. The van der Waals surface area contributed by atoms with Gasteiger partial charge in [-0.25, -0.2) is 8.42 Å². The smallest absolute Gasteiger partial charge is 0.226 e. The molecule has 0 bridgehead atoms. The molecule has 3 aliphatic heterocycles. The summed E-state index contributed by atoms with van der Waals surface area (Å²) >= 11 is 0. The van der Waals surface area contributed by atoms with Crippen molar-refractivity contribution in [3.8, 4) is 0 Å². The van der Waals surface area contributed by atoms with Gasteiger partial charge >= 0.3 is 0 Å². The minimum atomic E-state index is -3.05. The van der Waals surface area contributed by atoms with E-state index in [0.717, 1.165) is 11.3 Å². The number of rotatable bonds is 2. The highest BCUT2D eigenvalue weighted by Gasteiger charge is 2.46. The molecule has 0 aromatic heterocycles. The van der Waals surface area contributed by atoms with E-state index in [2.05, 4.69) is 5.16 Å². The SMILES string of the molecule is Cc1ccc(C2=NOC3CN(C(=O)C4CCS(=O)(=O)C4)CC23)cc1. The van der Waals surface area contributed by atoms with Crippen molar-refractivity contribution in [1.29, 1.82) is 0 Å². The van der Waals surface area contributed by atoms with Crippen molar-refractivity contribution in [1.82, 2.24) is 4.90 Å². The summed E-state index contributed by atoms with van der Waals surface area (Å²) in [5.41, 5.74) is 3.08. The second kappa shape index (κ2) is 5.58.